The molecule has 2 aromatic carbocycles. The fourth-order valence-electron chi connectivity index (χ4n) is 4.42. The van der Waals surface area contributed by atoms with Gasteiger partial charge in [-0.2, -0.15) is 0 Å². The van der Waals surface area contributed by atoms with E-state index >= 15 is 0 Å². The predicted molar refractivity (Wildman–Crippen MR) is 129 cm³/mol. The topological polar surface area (TPSA) is 88.0 Å². The van der Waals surface area contributed by atoms with Crippen LogP contribution in [0.1, 0.15) is 50.3 Å². The number of aliphatic hydroxyl groups excluding tert-OH is 1. The van der Waals surface area contributed by atoms with Crippen molar-refractivity contribution < 1.29 is 24.5 Å². The van der Waals surface area contributed by atoms with E-state index in [-0.39, 0.29) is 30.3 Å². The van der Waals surface area contributed by atoms with Crippen molar-refractivity contribution in [3.05, 3.63) is 59.7 Å². The van der Waals surface area contributed by atoms with Gasteiger partial charge in [0, 0.05) is 28.5 Å². The highest BCUT2D eigenvalue weighted by atomic mass is 32.2. The minimum atomic E-state index is -0.815. The standard InChI is InChI=1S/C26H33NO5S/c1-16(19-10-7-11-20-21(19)22-23(25(29)30)24(22)32-20)31-15-17(28)14-27-26(2,3)12-13-33-18-8-5-4-6-9-18/h4-11,16-17,22-24,27-28H,12-15H2,1-3H3,(H,29,30)/t16-,17?,22+,23+,24+/m1/s1. The zero-order valence-corrected chi connectivity index (χ0v) is 20.2. The van der Waals surface area contributed by atoms with Crippen molar-refractivity contribution in [3.8, 4) is 5.75 Å². The Morgan fingerprint density at radius 1 is 1.21 bits per heavy atom. The molecule has 4 rings (SSSR count). The molecule has 3 N–H and O–H groups in total. The molecular formula is C26H33NO5S. The van der Waals surface area contributed by atoms with E-state index in [0.717, 1.165) is 29.1 Å². The summed E-state index contributed by atoms with van der Waals surface area (Å²) in [5.41, 5.74) is 1.80. The van der Waals surface area contributed by atoms with E-state index in [2.05, 4.69) is 31.3 Å². The Kier molecular flexibility index (Phi) is 7.34. The molecule has 1 aliphatic carbocycles. The molecule has 1 aliphatic heterocycles. The summed E-state index contributed by atoms with van der Waals surface area (Å²) >= 11 is 1.83. The molecule has 2 aromatic rings. The molecule has 5 atom stereocenters. The van der Waals surface area contributed by atoms with Gasteiger partial charge < -0.3 is 25.0 Å². The number of carboxylic acids is 1. The van der Waals surface area contributed by atoms with Crippen molar-refractivity contribution in [3.63, 3.8) is 0 Å². The van der Waals surface area contributed by atoms with Gasteiger partial charge in [0.2, 0.25) is 0 Å². The normalized spacial score (nSPS) is 22.7. The number of aliphatic carboxylic acids is 1. The van der Waals surface area contributed by atoms with Crippen molar-refractivity contribution >= 4 is 17.7 Å². The monoisotopic (exact) mass is 471 g/mol. The molecular weight excluding hydrogens is 438 g/mol. The van der Waals surface area contributed by atoms with Crippen molar-refractivity contribution in [1.29, 1.82) is 0 Å². The van der Waals surface area contributed by atoms with Crippen LogP contribution in [0.25, 0.3) is 0 Å². The summed E-state index contributed by atoms with van der Waals surface area (Å²) in [6.45, 7) is 6.87. The first-order valence-corrected chi connectivity index (χ1v) is 12.5. The second-order valence-electron chi connectivity index (χ2n) is 9.54. The average molecular weight is 472 g/mol. The number of aliphatic hydroxyl groups is 1. The zero-order valence-electron chi connectivity index (χ0n) is 19.4. The Balaban J connectivity index is 1.22. The maximum Gasteiger partial charge on any atom is 0.311 e. The van der Waals surface area contributed by atoms with Crippen LogP contribution < -0.4 is 10.1 Å². The van der Waals surface area contributed by atoms with E-state index in [9.17, 15) is 15.0 Å². The summed E-state index contributed by atoms with van der Waals surface area (Å²) in [4.78, 5) is 12.7. The Morgan fingerprint density at radius 3 is 2.70 bits per heavy atom. The number of hydrogen-bond acceptors (Lipinski definition) is 6. The molecule has 1 fully saturated rings. The Labute approximate surface area is 199 Å². The first kappa shape index (κ1) is 24.1. The molecule has 6 nitrogen and oxygen atoms in total. The third kappa shape index (κ3) is 5.72. The smallest absolute Gasteiger partial charge is 0.311 e. The summed E-state index contributed by atoms with van der Waals surface area (Å²) in [7, 11) is 0. The Hall–Kier alpha value is -2.06. The number of nitrogens with one attached hydrogen (secondary N) is 1. The van der Waals surface area contributed by atoms with Gasteiger partial charge in [0.15, 0.2) is 0 Å². The molecule has 0 aromatic heterocycles. The number of fused-ring (bicyclic) bond motifs is 3. The lowest BCUT2D eigenvalue weighted by Crippen LogP contribution is -2.44. The van der Waals surface area contributed by atoms with Crippen LogP contribution >= 0.6 is 11.8 Å². The zero-order chi connectivity index (χ0) is 23.6. The van der Waals surface area contributed by atoms with Gasteiger partial charge in [-0.05, 0) is 56.7 Å². The Bertz CT molecular complexity index is 966. The molecule has 1 unspecified atom stereocenters. The minimum absolute atomic E-state index is 0.0964. The molecule has 0 saturated heterocycles. The SMILES string of the molecule is C[C@@H](OCC(O)CNC(C)(C)CCSc1ccccc1)c1cccc2c1[C@@H]1[C@H](O2)[C@H]1C(=O)O. The largest absolute Gasteiger partial charge is 0.489 e. The van der Waals surface area contributed by atoms with Crippen LogP contribution in [0.3, 0.4) is 0 Å². The lowest BCUT2D eigenvalue weighted by atomic mass is 9.98. The van der Waals surface area contributed by atoms with Gasteiger partial charge in [-0.15, -0.1) is 11.8 Å². The van der Waals surface area contributed by atoms with Crippen LogP contribution in [0.5, 0.6) is 5.75 Å². The highest BCUT2D eigenvalue weighted by molar-refractivity contribution is 7.99. The lowest BCUT2D eigenvalue weighted by Gasteiger charge is -2.28. The minimum Gasteiger partial charge on any atom is -0.489 e. The van der Waals surface area contributed by atoms with E-state index < -0.39 is 18.0 Å². The number of carbonyl (C=O) groups is 1. The number of carboxylic acid groups (broad SMARTS) is 1. The van der Waals surface area contributed by atoms with Gasteiger partial charge in [0.1, 0.15) is 17.8 Å². The van der Waals surface area contributed by atoms with Gasteiger partial charge in [0.05, 0.1) is 18.8 Å². The van der Waals surface area contributed by atoms with Crippen molar-refractivity contribution in [2.75, 3.05) is 18.9 Å². The van der Waals surface area contributed by atoms with Gasteiger partial charge in [-0.25, -0.2) is 0 Å². The van der Waals surface area contributed by atoms with Gasteiger partial charge >= 0.3 is 5.97 Å². The third-order valence-corrected chi connectivity index (χ3v) is 7.48. The van der Waals surface area contributed by atoms with Crippen molar-refractivity contribution in [2.45, 2.75) is 61.9 Å². The van der Waals surface area contributed by atoms with Crippen LogP contribution in [-0.4, -0.2) is 52.8 Å². The van der Waals surface area contributed by atoms with E-state index in [0.29, 0.717) is 6.54 Å². The van der Waals surface area contributed by atoms with E-state index in [1.165, 1.54) is 4.90 Å². The summed E-state index contributed by atoms with van der Waals surface area (Å²) < 4.78 is 11.8. The fraction of sp³-hybridized carbons (Fsp3) is 0.500. The number of thioether (sulfide) groups is 1. The maximum absolute atomic E-state index is 11.4. The van der Waals surface area contributed by atoms with Crippen LogP contribution in [0.2, 0.25) is 0 Å². The highest BCUT2D eigenvalue weighted by Gasteiger charge is 2.63. The molecule has 2 aliphatic rings. The van der Waals surface area contributed by atoms with Crippen LogP contribution in [0.4, 0.5) is 0 Å². The summed E-state index contributed by atoms with van der Waals surface area (Å²) in [5.74, 6) is 0.371. The molecule has 0 radical (unpaired) electrons. The molecule has 0 spiro atoms. The van der Waals surface area contributed by atoms with E-state index in [4.69, 9.17) is 9.47 Å². The fourth-order valence-corrected chi connectivity index (χ4v) is 5.61. The van der Waals surface area contributed by atoms with Crippen LogP contribution in [0.15, 0.2) is 53.4 Å². The number of benzene rings is 2. The summed E-state index contributed by atoms with van der Waals surface area (Å²) in [6.07, 6.45) is -0.188. The number of β-amino-alcohol motifs (C(OH)–C–C–N with tert-alkyl or cyclic N) is 1. The predicted octanol–water partition coefficient (Wildman–Crippen LogP) is 4.23. The number of hydrogen-bond donors (Lipinski definition) is 3. The molecule has 33 heavy (non-hydrogen) atoms. The molecule has 1 heterocycles. The second-order valence-corrected chi connectivity index (χ2v) is 10.7. The first-order chi connectivity index (χ1) is 15.8. The summed E-state index contributed by atoms with van der Waals surface area (Å²) in [6, 6.07) is 16.1. The highest BCUT2D eigenvalue weighted by Crippen LogP contribution is 2.60. The first-order valence-electron chi connectivity index (χ1n) is 11.5. The molecule has 178 valence electrons. The Morgan fingerprint density at radius 2 is 1.97 bits per heavy atom. The molecule has 0 bridgehead atoms. The molecule has 0 amide bonds. The van der Waals surface area contributed by atoms with Gasteiger partial charge in [0.25, 0.3) is 0 Å². The van der Waals surface area contributed by atoms with Crippen molar-refractivity contribution in [1.82, 2.24) is 5.32 Å². The van der Waals surface area contributed by atoms with Crippen molar-refractivity contribution in [2.24, 2.45) is 5.92 Å². The third-order valence-electron chi connectivity index (χ3n) is 6.47. The second kappa shape index (κ2) is 10.1. The lowest BCUT2D eigenvalue weighted by molar-refractivity contribution is -0.139. The number of rotatable bonds is 12. The van der Waals surface area contributed by atoms with Gasteiger partial charge in [-0.1, -0.05) is 30.3 Å². The van der Waals surface area contributed by atoms with Crippen LogP contribution in [-0.2, 0) is 9.53 Å². The quantitative estimate of drug-likeness (QED) is 0.399. The van der Waals surface area contributed by atoms with E-state index in [1.807, 2.05) is 55.1 Å². The van der Waals surface area contributed by atoms with Crippen LogP contribution in [0, 0.1) is 5.92 Å². The molecule has 1 saturated carbocycles. The number of ether oxygens (including phenoxy) is 2. The van der Waals surface area contributed by atoms with Gasteiger partial charge in [-0.3, -0.25) is 4.79 Å². The maximum atomic E-state index is 11.4. The summed E-state index contributed by atoms with van der Waals surface area (Å²) in [5, 5.41) is 23.3. The molecule has 7 heteroatoms. The van der Waals surface area contributed by atoms with E-state index in [1.54, 1.807) is 0 Å². The average Bonchev–Trinajstić information content (AvgIpc) is 3.38.